The van der Waals surface area contributed by atoms with Crippen molar-refractivity contribution in [1.29, 1.82) is 0 Å². The highest BCUT2D eigenvalue weighted by molar-refractivity contribution is 7.46. The minimum atomic E-state index is -4.78. The van der Waals surface area contributed by atoms with Gasteiger partial charge in [-0.3, -0.25) is 14.1 Å². The van der Waals surface area contributed by atoms with Gasteiger partial charge in [-0.15, -0.1) is 0 Å². The lowest BCUT2D eigenvalue weighted by Gasteiger charge is -2.18. The molecule has 0 bridgehead atoms. The van der Waals surface area contributed by atoms with Gasteiger partial charge in [-0.2, -0.15) is 0 Å². The lowest BCUT2D eigenvalue weighted by Crippen LogP contribution is -2.29. The lowest BCUT2D eigenvalue weighted by atomic mass is 10.0. The van der Waals surface area contributed by atoms with Crippen LogP contribution in [0.15, 0.2) is 72.9 Å². The van der Waals surface area contributed by atoms with Gasteiger partial charge in [-0.25, -0.2) is 4.57 Å². The highest BCUT2D eigenvalue weighted by Crippen LogP contribution is 2.36. The average molecular weight is 821 g/mol. The van der Waals surface area contributed by atoms with Crippen LogP contribution in [0.1, 0.15) is 187 Å². The minimum absolute atomic E-state index is 0.168. The summed E-state index contributed by atoms with van der Waals surface area (Å²) in [4.78, 5) is 42.9. The van der Waals surface area contributed by atoms with Crippen molar-refractivity contribution in [2.75, 3.05) is 13.2 Å². The Morgan fingerprint density at radius 1 is 0.561 bits per heavy atom. The number of aliphatic hydroxyl groups is 1. The normalized spacial score (nSPS) is 13.7. The molecule has 0 aromatic rings. The number of allylic oxidation sites excluding steroid dienone is 10. The van der Waals surface area contributed by atoms with Crippen LogP contribution in [0, 0.1) is 0 Å². The van der Waals surface area contributed by atoms with Crippen LogP contribution in [0.2, 0.25) is 0 Å². The van der Waals surface area contributed by atoms with Gasteiger partial charge in [-0.1, -0.05) is 177 Å². The zero-order chi connectivity index (χ0) is 41.9. The third-order valence-corrected chi connectivity index (χ3v) is 9.77. The minimum Gasteiger partial charge on any atom is -0.462 e. The Labute approximate surface area is 347 Å². The molecule has 0 aromatic heterocycles. The van der Waals surface area contributed by atoms with Crippen LogP contribution < -0.4 is 0 Å². The Morgan fingerprint density at radius 2 is 1.05 bits per heavy atom. The second-order valence-corrected chi connectivity index (χ2v) is 16.1. The van der Waals surface area contributed by atoms with Crippen molar-refractivity contribution in [3.05, 3.63) is 72.9 Å². The molecule has 0 fully saturated rings. The van der Waals surface area contributed by atoms with Gasteiger partial charge >= 0.3 is 19.8 Å². The van der Waals surface area contributed by atoms with E-state index in [1.165, 1.54) is 96.3 Å². The Bertz CT molecular complexity index is 1170. The molecule has 3 N–H and O–H groups in total. The zero-order valence-corrected chi connectivity index (χ0v) is 36.7. The van der Waals surface area contributed by atoms with E-state index < -0.39 is 38.6 Å². The molecule has 0 radical (unpaired) electrons. The lowest BCUT2D eigenvalue weighted by molar-refractivity contribution is -0.161. The molecular weight excluding hydrogens is 739 g/mol. The van der Waals surface area contributed by atoms with Crippen molar-refractivity contribution >= 4 is 19.8 Å². The van der Waals surface area contributed by atoms with Crippen molar-refractivity contribution in [1.82, 2.24) is 0 Å². The molecule has 0 aliphatic carbocycles. The number of hydrogen-bond acceptors (Lipinski definition) is 7. The number of phosphoric acid groups is 1. The molecular formula is C47H81O9P. The number of phosphoric ester groups is 1. The second kappa shape index (κ2) is 41.6. The van der Waals surface area contributed by atoms with Crippen LogP contribution in [0.5, 0.6) is 0 Å². The molecule has 0 saturated carbocycles. The van der Waals surface area contributed by atoms with Crippen molar-refractivity contribution in [2.45, 2.75) is 199 Å². The Morgan fingerprint density at radius 3 is 1.65 bits per heavy atom. The van der Waals surface area contributed by atoms with E-state index in [1.807, 2.05) is 55.5 Å². The fraction of sp³-hybridized carbons (Fsp3) is 0.702. The van der Waals surface area contributed by atoms with Crippen LogP contribution in [-0.4, -0.2) is 52.3 Å². The van der Waals surface area contributed by atoms with Crippen LogP contribution in [0.3, 0.4) is 0 Å². The molecule has 328 valence electrons. The van der Waals surface area contributed by atoms with Gasteiger partial charge in [0.2, 0.25) is 0 Å². The number of ether oxygens (including phenoxy) is 2. The zero-order valence-electron chi connectivity index (χ0n) is 35.8. The molecule has 57 heavy (non-hydrogen) atoms. The number of hydrogen-bond donors (Lipinski definition) is 3. The summed E-state index contributed by atoms with van der Waals surface area (Å²) in [7, 11) is -4.78. The van der Waals surface area contributed by atoms with Gasteiger partial charge in [-0.05, 0) is 70.6 Å². The number of rotatable bonds is 40. The van der Waals surface area contributed by atoms with Crippen LogP contribution >= 0.6 is 7.82 Å². The van der Waals surface area contributed by atoms with Crippen molar-refractivity contribution in [3.63, 3.8) is 0 Å². The standard InChI is InChI=1S/C47H81O9P/c1-3-5-7-8-9-10-11-12-13-14-15-16-17-18-19-20-25-28-31-34-37-41-47(50)56-45(43-55-57(51,52)53)42-54-46(49)40-36-33-30-27-24-22-21-23-26-29-32-35-39-44(48)38-6-4-2/h6,12-13,21-22,26-27,29-30,32,35,38,44-45,48H,3-5,7-11,14-20,23-25,28,31,33-34,36-37,39-43H2,1-2H3,(H2,51,52,53)/b13-12-,22-21-,29-26-,30-27-,35-32+,38-6-/t44?,45-/m1/s1. The molecule has 2 atom stereocenters. The van der Waals surface area contributed by atoms with Gasteiger partial charge in [0.05, 0.1) is 12.7 Å². The SMILES string of the molecule is CC/C=C\C(O)C/C=C/C=C\C/C=C\C/C=C\CCCC(=O)OC[C@H](COP(=O)(O)O)OC(=O)CCCCCCCCCCCCC/C=C\CCCCCCCC. The van der Waals surface area contributed by atoms with Gasteiger partial charge in [0.1, 0.15) is 6.61 Å². The van der Waals surface area contributed by atoms with E-state index in [-0.39, 0.29) is 19.4 Å². The third kappa shape index (κ3) is 44.4. The van der Waals surface area contributed by atoms with Gasteiger partial charge in [0, 0.05) is 12.8 Å². The molecule has 0 amide bonds. The Hall–Kier alpha value is -2.55. The van der Waals surface area contributed by atoms with Gasteiger partial charge in [0.15, 0.2) is 6.10 Å². The van der Waals surface area contributed by atoms with E-state index in [4.69, 9.17) is 19.3 Å². The van der Waals surface area contributed by atoms with Crippen LogP contribution in [0.4, 0.5) is 0 Å². The maximum absolute atomic E-state index is 12.4. The topological polar surface area (TPSA) is 140 Å². The molecule has 1 unspecified atom stereocenters. The first-order valence-electron chi connectivity index (χ1n) is 22.3. The summed E-state index contributed by atoms with van der Waals surface area (Å²) in [6.45, 7) is 3.40. The molecule has 0 spiro atoms. The van der Waals surface area contributed by atoms with Crippen molar-refractivity contribution in [2.24, 2.45) is 0 Å². The molecule has 0 saturated heterocycles. The highest BCUT2D eigenvalue weighted by atomic mass is 31.2. The fourth-order valence-electron chi connectivity index (χ4n) is 5.95. The number of carbonyl (C=O) groups excluding carboxylic acids is 2. The van der Waals surface area contributed by atoms with Gasteiger partial charge in [0.25, 0.3) is 0 Å². The molecule has 0 aromatic carbocycles. The molecule has 0 heterocycles. The first-order chi connectivity index (χ1) is 27.7. The molecule has 10 heteroatoms. The molecule has 0 aliphatic heterocycles. The maximum Gasteiger partial charge on any atom is 0.469 e. The van der Waals surface area contributed by atoms with Crippen LogP contribution in [0.25, 0.3) is 0 Å². The summed E-state index contributed by atoms with van der Waals surface area (Å²) < 4.78 is 26.4. The fourth-order valence-corrected chi connectivity index (χ4v) is 6.31. The number of aliphatic hydroxyl groups excluding tert-OH is 1. The summed E-state index contributed by atoms with van der Waals surface area (Å²) in [5.41, 5.74) is 0. The van der Waals surface area contributed by atoms with E-state index >= 15 is 0 Å². The monoisotopic (exact) mass is 821 g/mol. The molecule has 9 nitrogen and oxygen atoms in total. The maximum atomic E-state index is 12.4. The van der Waals surface area contributed by atoms with Crippen LogP contribution in [-0.2, 0) is 28.2 Å². The second-order valence-electron chi connectivity index (χ2n) is 14.8. The number of esters is 2. The summed E-state index contributed by atoms with van der Waals surface area (Å²) >= 11 is 0. The largest absolute Gasteiger partial charge is 0.469 e. The Balaban J connectivity index is 3.99. The molecule has 0 aliphatic rings. The summed E-state index contributed by atoms with van der Waals surface area (Å²) in [5.74, 6) is -0.979. The van der Waals surface area contributed by atoms with E-state index in [0.29, 0.717) is 25.7 Å². The summed E-state index contributed by atoms with van der Waals surface area (Å²) in [6, 6.07) is 0. The number of unbranched alkanes of at least 4 members (excludes halogenated alkanes) is 18. The predicted octanol–water partition coefficient (Wildman–Crippen LogP) is 12.8. The van der Waals surface area contributed by atoms with Gasteiger partial charge < -0.3 is 24.4 Å². The van der Waals surface area contributed by atoms with E-state index in [9.17, 15) is 19.3 Å². The average Bonchev–Trinajstić information content (AvgIpc) is 3.18. The summed E-state index contributed by atoms with van der Waals surface area (Å²) in [5, 5.41) is 9.74. The predicted molar refractivity (Wildman–Crippen MR) is 236 cm³/mol. The molecule has 0 rings (SSSR count). The third-order valence-electron chi connectivity index (χ3n) is 9.28. The Kier molecular flexibility index (Phi) is 39.7. The first-order valence-corrected chi connectivity index (χ1v) is 23.9. The van der Waals surface area contributed by atoms with E-state index in [0.717, 1.165) is 38.5 Å². The van der Waals surface area contributed by atoms with E-state index in [2.05, 4.69) is 35.8 Å². The summed E-state index contributed by atoms with van der Waals surface area (Å²) in [6.07, 6.45) is 51.2. The quantitative estimate of drug-likeness (QED) is 0.0181. The van der Waals surface area contributed by atoms with Crippen molar-refractivity contribution < 1.29 is 43.0 Å². The number of carbonyl (C=O) groups is 2. The van der Waals surface area contributed by atoms with Crippen molar-refractivity contribution in [3.8, 4) is 0 Å². The smallest absolute Gasteiger partial charge is 0.462 e. The van der Waals surface area contributed by atoms with E-state index in [1.54, 1.807) is 0 Å². The highest BCUT2D eigenvalue weighted by Gasteiger charge is 2.22. The first kappa shape index (κ1) is 54.5.